The molecule has 0 spiro atoms. The highest BCUT2D eigenvalue weighted by atomic mass is 32.1. The molecule has 4 aromatic rings. The summed E-state index contributed by atoms with van der Waals surface area (Å²) in [7, 11) is 0. The summed E-state index contributed by atoms with van der Waals surface area (Å²) >= 11 is 1.96. The van der Waals surface area contributed by atoms with E-state index in [0.29, 0.717) is 0 Å². The Morgan fingerprint density at radius 1 is 0.795 bits per heavy atom. The molecule has 1 heterocycles. The van der Waals surface area contributed by atoms with Gasteiger partial charge in [0.15, 0.2) is 0 Å². The number of benzene rings is 3. The van der Waals surface area contributed by atoms with Crippen LogP contribution in [-0.4, -0.2) is 0 Å². The smallest absolute Gasteiger partial charge is 0.0387 e. The van der Waals surface area contributed by atoms with Gasteiger partial charge in [0.25, 0.3) is 0 Å². The summed E-state index contributed by atoms with van der Waals surface area (Å²) in [4.78, 5) is 1.42. The molecule has 2 unspecified atom stereocenters. The first kappa shape index (κ1) is 34.2. The molecule has 236 valence electrons. The molecule has 0 N–H and O–H groups in total. The predicted octanol–water partition coefficient (Wildman–Crippen LogP) is 14.4. The summed E-state index contributed by atoms with van der Waals surface area (Å²) in [6.07, 6.45) is 22.6. The van der Waals surface area contributed by atoms with Crippen molar-refractivity contribution in [3.05, 3.63) is 88.5 Å². The molecule has 0 amide bonds. The zero-order valence-corrected chi connectivity index (χ0v) is 29.7. The van der Waals surface area contributed by atoms with Gasteiger partial charge in [-0.15, -0.1) is 11.3 Å². The van der Waals surface area contributed by atoms with Crippen LogP contribution >= 0.6 is 11.3 Å². The molecule has 0 aliphatic heterocycles. The maximum atomic E-state index is 2.46. The van der Waals surface area contributed by atoms with E-state index in [2.05, 4.69) is 115 Å². The van der Waals surface area contributed by atoms with E-state index in [-0.39, 0.29) is 0 Å². The molecule has 0 saturated heterocycles. The molecule has 1 heteroatoms. The fourth-order valence-electron chi connectivity index (χ4n) is 6.98. The van der Waals surface area contributed by atoms with E-state index in [9.17, 15) is 0 Å². The fourth-order valence-corrected chi connectivity index (χ4v) is 8.29. The minimum Gasteiger partial charge on any atom is -0.135 e. The molecular weight excluding hydrogens is 549 g/mol. The van der Waals surface area contributed by atoms with Crippen molar-refractivity contribution in [3.63, 3.8) is 0 Å². The second kappa shape index (κ2) is 17.2. The number of allylic oxidation sites excluding steroid dienone is 3. The van der Waals surface area contributed by atoms with E-state index in [1.807, 2.05) is 11.3 Å². The maximum absolute atomic E-state index is 2.46. The minimum absolute atomic E-state index is 0.836. The van der Waals surface area contributed by atoms with Crippen molar-refractivity contribution in [1.82, 2.24) is 0 Å². The number of thiophene rings is 1. The van der Waals surface area contributed by atoms with Crippen molar-refractivity contribution < 1.29 is 0 Å². The first-order valence-electron chi connectivity index (χ1n) is 17.8. The predicted molar refractivity (Wildman–Crippen MR) is 201 cm³/mol. The largest absolute Gasteiger partial charge is 0.135 e. The van der Waals surface area contributed by atoms with E-state index in [1.54, 1.807) is 0 Å². The van der Waals surface area contributed by atoms with Gasteiger partial charge in [0.2, 0.25) is 0 Å². The summed E-state index contributed by atoms with van der Waals surface area (Å²) in [5.74, 6) is 1.69. The second-order valence-corrected chi connectivity index (χ2v) is 14.3. The molecule has 1 aromatic heterocycles. The Hall–Kier alpha value is -2.64. The van der Waals surface area contributed by atoms with E-state index in [4.69, 9.17) is 0 Å². The van der Waals surface area contributed by atoms with Gasteiger partial charge in [-0.25, -0.2) is 0 Å². The molecule has 0 fully saturated rings. The van der Waals surface area contributed by atoms with Crippen LogP contribution in [0.5, 0.6) is 0 Å². The molecule has 0 nitrogen and oxygen atoms in total. The third-order valence-electron chi connectivity index (χ3n) is 9.98. The first-order valence-corrected chi connectivity index (χ1v) is 18.6. The van der Waals surface area contributed by atoms with Crippen LogP contribution in [0.15, 0.2) is 66.3 Å². The Labute approximate surface area is 273 Å². The van der Waals surface area contributed by atoms with Crippen LogP contribution in [-0.2, 0) is 6.42 Å². The SMILES string of the molecule is C/C=C\C(=C/c1ccc(C)c(-c2sc3ccc4cc(CCC(CC)CCCC)ccc4c3c2C)c1)CCC(CC)CCCC. The molecule has 0 saturated carbocycles. The summed E-state index contributed by atoms with van der Waals surface area (Å²) in [6, 6.07) is 19.1. The van der Waals surface area contributed by atoms with Crippen LogP contribution in [0.25, 0.3) is 37.4 Å². The molecule has 0 radical (unpaired) electrons. The molecule has 44 heavy (non-hydrogen) atoms. The van der Waals surface area contributed by atoms with Gasteiger partial charge in [0.1, 0.15) is 0 Å². The third kappa shape index (κ3) is 8.75. The maximum Gasteiger partial charge on any atom is 0.0387 e. The second-order valence-electron chi connectivity index (χ2n) is 13.3. The zero-order chi connectivity index (χ0) is 31.5. The molecule has 2 atom stereocenters. The lowest BCUT2D eigenvalue weighted by atomic mass is 9.91. The highest BCUT2D eigenvalue weighted by molar-refractivity contribution is 7.22. The standard InChI is InChI=1S/C43H58S/c1-8-13-16-33(11-4)20-22-35(15-10-3)28-37-19-18-31(6)40(30-37)43-32(7)42-39-26-24-36(23-21-34(12-5)17-14-9-2)29-38(39)25-27-41(42)44-43/h10,15,18-19,24-30,33-34H,8-9,11-14,16-17,20-23H2,1-7H3/b15-10-,35-28+. The van der Waals surface area contributed by atoms with Crippen molar-refractivity contribution in [2.24, 2.45) is 11.8 Å². The summed E-state index contributed by atoms with van der Waals surface area (Å²) in [5.41, 5.74) is 8.42. The lowest BCUT2D eigenvalue weighted by molar-refractivity contribution is 0.422. The van der Waals surface area contributed by atoms with Crippen LogP contribution < -0.4 is 0 Å². The Balaban J connectivity index is 1.62. The van der Waals surface area contributed by atoms with Crippen molar-refractivity contribution >= 4 is 38.3 Å². The molecule has 3 aromatic carbocycles. The number of hydrogen-bond acceptors (Lipinski definition) is 1. The van der Waals surface area contributed by atoms with Crippen LogP contribution in [0.2, 0.25) is 0 Å². The average Bonchev–Trinajstić information content (AvgIpc) is 3.38. The van der Waals surface area contributed by atoms with Crippen molar-refractivity contribution in [2.75, 3.05) is 0 Å². The summed E-state index contributed by atoms with van der Waals surface area (Å²) in [5, 5.41) is 4.23. The van der Waals surface area contributed by atoms with E-state index < -0.39 is 0 Å². The molecule has 0 aliphatic rings. The normalized spacial score (nSPS) is 13.8. The Kier molecular flexibility index (Phi) is 13.4. The quantitative estimate of drug-likeness (QED) is 0.105. The van der Waals surface area contributed by atoms with Gasteiger partial charge in [-0.05, 0) is 115 Å². The van der Waals surface area contributed by atoms with Gasteiger partial charge in [-0.3, -0.25) is 0 Å². The first-order chi connectivity index (χ1) is 21.4. The van der Waals surface area contributed by atoms with Gasteiger partial charge in [0, 0.05) is 15.0 Å². The summed E-state index contributed by atoms with van der Waals surface area (Å²) in [6.45, 7) is 16.1. The number of unbranched alkanes of at least 4 members (excludes halogenated alkanes) is 2. The molecule has 4 rings (SSSR count). The van der Waals surface area contributed by atoms with Gasteiger partial charge < -0.3 is 0 Å². The van der Waals surface area contributed by atoms with Crippen molar-refractivity contribution in [3.8, 4) is 10.4 Å². The van der Waals surface area contributed by atoms with Crippen LogP contribution in [0.3, 0.4) is 0 Å². The van der Waals surface area contributed by atoms with Crippen LogP contribution in [0.4, 0.5) is 0 Å². The van der Waals surface area contributed by atoms with Gasteiger partial charge in [0.05, 0.1) is 0 Å². The van der Waals surface area contributed by atoms with Crippen molar-refractivity contribution in [2.45, 2.75) is 126 Å². The molecule has 0 aliphatic carbocycles. The highest BCUT2D eigenvalue weighted by Gasteiger charge is 2.16. The average molecular weight is 607 g/mol. The number of rotatable bonds is 17. The Morgan fingerprint density at radius 2 is 1.52 bits per heavy atom. The van der Waals surface area contributed by atoms with Gasteiger partial charge in [-0.2, -0.15) is 0 Å². The topological polar surface area (TPSA) is 0 Å². The van der Waals surface area contributed by atoms with E-state index in [0.717, 1.165) is 18.3 Å². The monoisotopic (exact) mass is 606 g/mol. The molecular formula is C43H58S. The highest BCUT2D eigenvalue weighted by Crippen LogP contribution is 2.43. The third-order valence-corrected chi connectivity index (χ3v) is 11.3. The zero-order valence-electron chi connectivity index (χ0n) is 28.9. The number of aryl methyl sites for hydroxylation is 3. The van der Waals surface area contributed by atoms with E-state index >= 15 is 0 Å². The Bertz CT molecular complexity index is 1540. The van der Waals surface area contributed by atoms with E-state index in [1.165, 1.54) is 130 Å². The lowest BCUT2D eigenvalue weighted by Crippen LogP contribution is -2.01. The number of fused-ring (bicyclic) bond motifs is 3. The van der Waals surface area contributed by atoms with Crippen molar-refractivity contribution in [1.29, 1.82) is 0 Å². The fraction of sp³-hybridized carbons (Fsp3) is 0.488. The minimum atomic E-state index is 0.836. The van der Waals surface area contributed by atoms with Gasteiger partial charge >= 0.3 is 0 Å². The van der Waals surface area contributed by atoms with Crippen LogP contribution in [0, 0.1) is 25.7 Å². The van der Waals surface area contributed by atoms with Crippen LogP contribution in [0.1, 0.15) is 128 Å². The van der Waals surface area contributed by atoms with Gasteiger partial charge in [-0.1, -0.05) is 134 Å². The number of hydrogen-bond donors (Lipinski definition) is 0. The molecule has 0 bridgehead atoms. The lowest BCUT2D eigenvalue weighted by Gasteiger charge is -2.15. The Morgan fingerprint density at radius 3 is 2.20 bits per heavy atom. The summed E-state index contributed by atoms with van der Waals surface area (Å²) < 4.78 is 1.40.